The predicted molar refractivity (Wildman–Crippen MR) is 84.6 cm³/mol. The van der Waals surface area contributed by atoms with E-state index in [1.165, 1.54) is 16.7 Å². The third-order valence-corrected chi connectivity index (χ3v) is 4.29. The maximum Gasteiger partial charge on any atom is 0.265 e. The highest BCUT2D eigenvalue weighted by Crippen LogP contribution is 2.32. The van der Waals surface area contributed by atoms with Gasteiger partial charge in [0.15, 0.2) is 6.10 Å². The Morgan fingerprint density at radius 3 is 2.64 bits per heavy atom. The minimum atomic E-state index is -0.425. The number of amides is 1. The molecule has 1 unspecified atom stereocenters. The highest BCUT2D eigenvalue weighted by atomic mass is 16.5. The summed E-state index contributed by atoms with van der Waals surface area (Å²) in [5.74, 6) is 0.666. The number of rotatable bonds is 2. The van der Waals surface area contributed by atoms with Crippen LogP contribution in [0.1, 0.15) is 23.6 Å². The highest BCUT2D eigenvalue weighted by Gasteiger charge is 2.24. The summed E-state index contributed by atoms with van der Waals surface area (Å²) >= 11 is 0. The van der Waals surface area contributed by atoms with E-state index in [-0.39, 0.29) is 5.91 Å². The maximum atomic E-state index is 11.7. The van der Waals surface area contributed by atoms with Gasteiger partial charge in [0.2, 0.25) is 0 Å². The Morgan fingerprint density at radius 1 is 1.18 bits per heavy atom. The van der Waals surface area contributed by atoms with Gasteiger partial charge in [-0.1, -0.05) is 30.3 Å². The van der Waals surface area contributed by atoms with E-state index in [9.17, 15) is 4.79 Å². The van der Waals surface area contributed by atoms with E-state index in [0.29, 0.717) is 0 Å². The fourth-order valence-corrected chi connectivity index (χ4v) is 3.13. The van der Waals surface area contributed by atoms with E-state index < -0.39 is 6.10 Å². The summed E-state index contributed by atoms with van der Waals surface area (Å²) in [5, 5.41) is 2.91. The second-order valence-corrected chi connectivity index (χ2v) is 5.99. The predicted octanol–water partition coefficient (Wildman–Crippen LogP) is 2.92. The van der Waals surface area contributed by atoms with E-state index >= 15 is 0 Å². The average Bonchev–Trinajstić information content (AvgIpc) is 2.91. The Balaban J connectivity index is 1.51. The van der Waals surface area contributed by atoms with Crippen LogP contribution < -0.4 is 10.1 Å². The Kier molecular flexibility index (Phi) is 3.12. The molecule has 0 fully saturated rings. The summed E-state index contributed by atoms with van der Waals surface area (Å²) in [4.78, 5) is 14.1. The van der Waals surface area contributed by atoms with Crippen LogP contribution in [0.15, 0.2) is 42.5 Å². The van der Waals surface area contributed by atoms with Crippen LogP contribution in [0.2, 0.25) is 0 Å². The quantitative estimate of drug-likeness (QED) is 0.926. The summed E-state index contributed by atoms with van der Waals surface area (Å²) in [7, 11) is 0. The Morgan fingerprint density at radius 2 is 1.91 bits per heavy atom. The molecule has 2 heterocycles. The molecule has 4 heteroatoms. The number of hydrogen-bond acceptors (Lipinski definition) is 3. The van der Waals surface area contributed by atoms with Crippen LogP contribution in [-0.4, -0.2) is 16.9 Å². The van der Waals surface area contributed by atoms with E-state index in [2.05, 4.69) is 40.5 Å². The molecule has 2 aromatic carbocycles. The van der Waals surface area contributed by atoms with E-state index in [1.54, 1.807) is 6.92 Å². The largest absolute Gasteiger partial charge is 0.479 e. The lowest BCUT2D eigenvalue weighted by Gasteiger charge is -2.24. The van der Waals surface area contributed by atoms with Gasteiger partial charge in [-0.25, -0.2) is 0 Å². The zero-order chi connectivity index (χ0) is 15.1. The molecular formula is C18H18N2O2. The number of ether oxygens (including phenoxy) is 1. The van der Waals surface area contributed by atoms with Crippen molar-refractivity contribution >= 4 is 11.6 Å². The zero-order valence-electron chi connectivity index (χ0n) is 12.5. The fraction of sp³-hybridized carbons (Fsp3) is 0.278. The summed E-state index contributed by atoms with van der Waals surface area (Å²) in [6.45, 7) is 4.58. The number of carbonyl (C=O) groups excluding carboxylic acids is 1. The minimum absolute atomic E-state index is 0.0850. The fourth-order valence-electron chi connectivity index (χ4n) is 3.13. The summed E-state index contributed by atoms with van der Waals surface area (Å²) in [5.41, 5.74) is 4.78. The van der Waals surface area contributed by atoms with Crippen molar-refractivity contribution in [1.82, 2.24) is 4.90 Å². The molecular weight excluding hydrogens is 276 g/mol. The van der Waals surface area contributed by atoms with Gasteiger partial charge < -0.3 is 10.1 Å². The third kappa shape index (κ3) is 2.35. The monoisotopic (exact) mass is 294 g/mol. The van der Waals surface area contributed by atoms with Crippen LogP contribution in [0.4, 0.5) is 5.69 Å². The number of nitrogens with zero attached hydrogens (tertiary/aromatic N) is 1. The van der Waals surface area contributed by atoms with Gasteiger partial charge in [-0.15, -0.1) is 0 Å². The molecule has 112 valence electrons. The molecule has 1 N–H and O–H groups in total. The van der Waals surface area contributed by atoms with Crippen molar-refractivity contribution in [3.63, 3.8) is 0 Å². The first kappa shape index (κ1) is 13.3. The maximum absolute atomic E-state index is 11.7. The van der Waals surface area contributed by atoms with Crippen LogP contribution in [-0.2, 0) is 24.4 Å². The van der Waals surface area contributed by atoms with Crippen molar-refractivity contribution in [3.05, 3.63) is 59.2 Å². The molecule has 2 aliphatic heterocycles. The van der Waals surface area contributed by atoms with Crippen LogP contribution in [0.5, 0.6) is 5.75 Å². The highest BCUT2D eigenvalue weighted by molar-refractivity contribution is 5.97. The van der Waals surface area contributed by atoms with Crippen molar-refractivity contribution in [2.45, 2.75) is 32.7 Å². The van der Waals surface area contributed by atoms with Crippen molar-refractivity contribution in [2.24, 2.45) is 0 Å². The summed E-state index contributed by atoms with van der Waals surface area (Å²) < 4.78 is 5.59. The number of hydrogen-bond donors (Lipinski definition) is 1. The van der Waals surface area contributed by atoms with E-state index in [4.69, 9.17) is 4.74 Å². The van der Waals surface area contributed by atoms with Gasteiger partial charge >= 0.3 is 0 Å². The second kappa shape index (κ2) is 5.14. The molecule has 2 aliphatic rings. The van der Waals surface area contributed by atoms with Crippen molar-refractivity contribution < 1.29 is 9.53 Å². The van der Waals surface area contributed by atoms with E-state index in [0.717, 1.165) is 31.1 Å². The topological polar surface area (TPSA) is 41.6 Å². The smallest absolute Gasteiger partial charge is 0.265 e. The van der Waals surface area contributed by atoms with Gasteiger partial charge in [0.25, 0.3) is 5.91 Å². The zero-order valence-corrected chi connectivity index (χ0v) is 12.5. The van der Waals surface area contributed by atoms with E-state index in [1.807, 2.05) is 12.1 Å². The lowest BCUT2D eigenvalue weighted by Crippen LogP contribution is -2.34. The molecule has 22 heavy (non-hydrogen) atoms. The number of fused-ring (bicyclic) bond motifs is 2. The Bertz CT molecular complexity index is 717. The molecule has 1 amide bonds. The average molecular weight is 294 g/mol. The Labute approximate surface area is 129 Å². The minimum Gasteiger partial charge on any atom is -0.479 e. The van der Waals surface area contributed by atoms with Gasteiger partial charge in [-0.05, 0) is 35.7 Å². The van der Waals surface area contributed by atoms with Crippen LogP contribution in [0, 0.1) is 0 Å². The van der Waals surface area contributed by atoms with Crippen LogP contribution in [0.3, 0.4) is 0 Å². The molecule has 0 saturated heterocycles. The van der Waals surface area contributed by atoms with Crippen molar-refractivity contribution in [1.29, 1.82) is 0 Å². The Hall–Kier alpha value is -2.33. The first-order valence-corrected chi connectivity index (χ1v) is 7.58. The van der Waals surface area contributed by atoms with Gasteiger partial charge in [-0.3, -0.25) is 9.69 Å². The first-order valence-electron chi connectivity index (χ1n) is 7.58. The number of benzene rings is 2. The molecule has 0 aliphatic carbocycles. The van der Waals surface area contributed by atoms with Crippen LogP contribution in [0.25, 0.3) is 0 Å². The number of carbonyl (C=O) groups is 1. The number of anilines is 1. The molecule has 0 aromatic heterocycles. The molecule has 1 atom stereocenters. The molecule has 4 nitrogen and oxygen atoms in total. The standard InChI is InChI=1S/C18H18N2O2/c1-12-18(21)19-16-8-13(6-7-17(16)22-12)9-20-10-14-4-2-3-5-15(14)11-20/h2-8,12H,9-11H2,1H3,(H,19,21). The molecule has 4 rings (SSSR count). The lowest BCUT2D eigenvalue weighted by molar-refractivity contribution is -0.122. The third-order valence-electron chi connectivity index (χ3n) is 4.29. The summed E-state index contributed by atoms with van der Waals surface area (Å²) in [6, 6.07) is 14.6. The summed E-state index contributed by atoms with van der Waals surface area (Å²) in [6.07, 6.45) is -0.425. The number of nitrogens with one attached hydrogen (secondary N) is 1. The SMILES string of the molecule is CC1Oc2ccc(CN3Cc4ccccc4C3)cc2NC1=O. The molecule has 0 bridgehead atoms. The molecule has 0 spiro atoms. The van der Waals surface area contributed by atoms with Gasteiger partial charge in [0.05, 0.1) is 5.69 Å². The van der Waals surface area contributed by atoms with Crippen LogP contribution >= 0.6 is 0 Å². The molecule has 0 radical (unpaired) electrons. The normalized spacial score (nSPS) is 20.0. The second-order valence-electron chi connectivity index (χ2n) is 5.99. The first-order chi connectivity index (χ1) is 10.7. The molecule has 0 saturated carbocycles. The van der Waals surface area contributed by atoms with Gasteiger partial charge in [0.1, 0.15) is 5.75 Å². The van der Waals surface area contributed by atoms with Gasteiger partial charge in [0, 0.05) is 19.6 Å². The molecule has 2 aromatic rings. The lowest BCUT2D eigenvalue weighted by atomic mass is 10.1. The van der Waals surface area contributed by atoms with Gasteiger partial charge in [-0.2, -0.15) is 0 Å². The van der Waals surface area contributed by atoms with Crippen molar-refractivity contribution in [3.8, 4) is 5.75 Å². The van der Waals surface area contributed by atoms with Crippen molar-refractivity contribution in [2.75, 3.05) is 5.32 Å².